The van der Waals surface area contributed by atoms with Crippen molar-refractivity contribution < 1.29 is 9.32 Å². The van der Waals surface area contributed by atoms with Crippen molar-refractivity contribution in [1.82, 2.24) is 29.6 Å². The van der Waals surface area contributed by atoms with Crippen LogP contribution in [0.25, 0.3) is 17.3 Å². The fraction of sp³-hybridized carbons (Fsp3) is 0.421. The Labute approximate surface area is 157 Å². The maximum Gasteiger partial charge on any atom is 0.274 e. The van der Waals surface area contributed by atoms with Crippen molar-refractivity contribution in [1.29, 1.82) is 0 Å². The van der Waals surface area contributed by atoms with E-state index in [2.05, 4.69) is 27.0 Å². The number of likely N-dealkylation sites (tertiary alicyclic amines) is 1. The van der Waals surface area contributed by atoms with Crippen LogP contribution in [0.4, 0.5) is 0 Å². The molecule has 0 bridgehead atoms. The molecule has 8 heteroatoms. The van der Waals surface area contributed by atoms with Crippen LogP contribution in [0.15, 0.2) is 35.4 Å². The van der Waals surface area contributed by atoms with Gasteiger partial charge in [0.1, 0.15) is 17.8 Å². The van der Waals surface area contributed by atoms with Crippen molar-refractivity contribution >= 4 is 5.91 Å². The van der Waals surface area contributed by atoms with Crippen LogP contribution in [0.5, 0.6) is 0 Å². The average Bonchev–Trinajstić information content (AvgIpc) is 3.39. The quantitative estimate of drug-likeness (QED) is 0.690. The molecule has 3 aromatic heterocycles. The lowest BCUT2D eigenvalue weighted by atomic mass is 10.1. The van der Waals surface area contributed by atoms with Gasteiger partial charge in [0.15, 0.2) is 5.82 Å². The molecule has 0 radical (unpaired) electrons. The third-order valence-corrected chi connectivity index (χ3v) is 4.65. The summed E-state index contributed by atoms with van der Waals surface area (Å²) in [5.74, 6) is 1.83. The zero-order valence-electron chi connectivity index (χ0n) is 15.3. The van der Waals surface area contributed by atoms with Crippen LogP contribution in [0.3, 0.4) is 0 Å². The van der Waals surface area contributed by atoms with Gasteiger partial charge >= 0.3 is 0 Å². The fourth-order valence-electron chi connectivity index (χ4n) is 3.18. The van der Waals surface area contributed by atoms with E-state index in [1.54, 1.807) is 23.3 Å². The molecule has 8 nitrogen and oxygen atoms in total. The summed E-state index contributed by atoms with van der Waals surface area (Å²) in [5, 5.41) is 3.96. The Morgan fingerprint density at radius 3 is 2.78 bits per heavy atom. The van der Waals surface area contributed by atoms with Gasteiger partial charge in [0.05, 0.1) is 5.56 Å². The Bertz CT molecular complexity index is 908. The third kappa shape index (κ3) is 3.74. The highest BCUT2D eigenvalue weighted by Crippen LogP contribution is 2.18. The molecule has 4 heterocycles. The second kappa shape index (κ2) is 7.69. The molecule has 0 saturated carbocycles. The lowest BCUT2D eigenvalue weighted by Gasteiger charge is -2.25. The normalized spacial score (nSPS) is 14.5. The summed E-state index contributed by atoms with van der Waals surface area (Å²) in [5.41, 5.74) is 1.21. The van der Waals surface area contributed by atoms with E-state index in [1.807, 2.05) is 17.0 Å². The Hall–Kier alpha value is -3.03. The molecule has 3 aromatic rings. The lowest BCUT2D eigenvalue weighted by Crippen LogP contribution is -2.35. The minimum absolute atomic E-state index is 0.0145. The van der Waals surface area contributed by atoms with E-state index < -0.39 is 0 Å². The van der Waals surface area contributed by atoms with Gasteiger partial charge in [-0.3, -0.25) is 9.36 Å². The topological polar surface area (TPSA) is 89.9 Å². The second-order valence-electron chi connectivity index (χ2n) is 6.69. The minimum Gasteiger partial charge on any atom is -0.337 e. The van der Waals surface area contributed by atoms with Gasteiger partial charge in [0.25, 0.3) is 11.8 Å². The van der Waals surface area contributed by atoms with Gasteiger partial charge in [-0.1, -0.05) is 12.1 Å². The molecule has 1 aliphatic heterocycles. The predicted octanol–water partition coefficient (Wildman–Crippen LogP) is 2.90. The van der Waals surface area contributed by atoms with E-state index in [1.165, 1.54) is 6.42 Å². The largest absolute Gasteiger partial charge is 0.337 e. The summed E-state index contributed by atoms with van der Waals surface area (Å²) >= 11 is 0. The van der Waals surface area contributed by atoms with Crippen LogP contribution in [0.2, 0.25) is 0 Å². The van der Waals surface area contributed by atoms with E-state index in [0.717, 1.165) is 44.3 Å². The molecule has 27 heavy (non-hydrogen) atoms. The summed E-state index contributed by atoms with van der Waals surface area (Å²) in [6, 6.07) is 3.72. The number of aryl methyl sites for hydroxylation is 1. The lowest BCUT2D eigenvalue weighted by molar-refractivity contribution is 0.0719. The molecular formula is C19H22N6O2. The van der Waals surface area contributed by atoms with Gasteiger partial charge in [-0.05, 0) is 37.8 Å². The summed E-state index contributed by atoms with van der Waals surface area (Å²) in [7, 11) is 0. The average molecular weight is 366 g/mol. The number of hydrogen-bond donors (Lipinski definition) is 0. The van der Waals surface area contributed by atoms with Crippen molar-refractivity contribution in [2.75, 3.05) is 13.1 Å². The van der Waals surface area contributed by atoms with Crippen LogP contribution >= 0.6 is 0 Å². The van der Waals surface area contributed by atoms with Gasteiger partial charge in [-0.2, -0.15) is 4.98 Å². The van der Waals surface area contributed by atoms with Gasteiger partial charge < -0.3 is 9.42 Å². The molecular weight excluding hydrogens is 344 g/mol. The number of nitrogens with zero attached hydrogens (tertiary/aromatic N) is 6. The monoisotopic (exact) mass is 366 g/mol. The SMILES string of the molecule is CCCc1noc(-c2ccc(-n3cnc(C(=O)N4CCCCC4)c3)nc2)n1. The van der Waals surface area contributed by atoms with Gasteiger partial charge in [0.2, 0.25) is 0 Å². The van der Waals surface area contributed by atoms with E-state index in [-0.39, 0.29) is 5.91 Å². The molecule has 140 valence electrons. The minimum atomic E-state index is -0.0145. The van der Waals surface area contributed by atoms with Crippen molar-refractivity contribution in [3.63, 3.8) is 0 Å². The first kappa shape index (κ1) is 17.4. The molecule has 1 amide bonds. The molecule has 0 atom stereocenters. The number of pyridine rings is 1. The summed E-state index contributed by atoms with van der Waals surface area (Å²) in [4.78, 5) is 27.5. The van der Waals surface area contributed by atoms with Crippen LogP contribution in [-0.2, 0) is 6.42 Å². The number of carbonyl (C=O) groups is 1. The first-order valence-corrected chi connectivity index (χ1v) is 9.37. The standard InChI is InChI=1S/C19H22N6O2/c1-2-6-16-22-18(27-23-16)14-7-8-17(20-11-14)25-12-15(21-13-25)19(26)24-9-4-3-5-10-24/h7-8,11-13H,2-6,9-10H2,1H3. The Balaban J connectivity index is 1.49. The molecule has 1 saturated heterocycles. The molecule has 0 unspecified atom stereocenters. The Morgan fingerprint density at radius 1 is 1.19 bits per heavy atom. The number of piperidine rings is 1. The zero-order chi connectivity index (χ0) is 18.6. The van der Waals surface area contributed by atoms with Crippen LogP contribution < -0.4 is 0 Å². The third-order valence-electron chi connectivity index (χ3n) is 4.65. The number of amides is 1. The predicted molar refractivity (Wildman–Crippen MR) is 98.4 cm³/mol. The van der Waals surface area contributed by atoms with E-state index in [4.69, 9.17) is 4.52 Å². The van der Waals surface area contributed by atoms with E-state index in [0.29, 0.717) is 23.2 Å². The number of hydrogen-bond acceptors (Lipinski definition) is 6. The maximum atomic E-state index is 12.5. The van der Waals surface area contributed by atoms with Crippen LogP contribution in [0.1, 0.15) is 48.9 Å². The fourth-order valence-corrected chi connectivity index (χ4v) is 3.18. The number of imidazole rings is 1. The van der Waals surface area contributed by atoms with Gasteiger partial charge in [-0.25, -0.2) is 9.97 Å². The zero-order valence-corrected chi connectivity index (χ0v) is 15.3. The Kier molecular flexibility index (Phi) is 4.95. The summed E-state index contributed by atoms with van der Waals surface area (Å²) in [6.45, 7) is 3.69. The van der Waals surface area contributed by atoms with Crippen molar-refractivity contribution in [3.05, 3.63) is 42.4 Å². The molecule has 4 rings (SSSR count). The second-order valence-corrected chi connectivity index (χ2v) is 6.69. The highest BCUT2D eigenvalue weighted by atomic mass is 16.5. The van der Waals surface area contributed by atoms with Gasteiger partial charge in [0, 0.05) is 31.9 Å². The molecule has 1 fully saturated rings. The van der Waals surface area contributed by atoms with Crippen molar-refractivity contribution in [2.24, 2.45) is 0 Å². The molecule has 1 aliphatic rings. The first-order chi connectivity index (χ1) is 13.2. The molecule has 0 aromatic carbocycles. The smallest absolute Gasteiger partial charge is 0.274 e. The Morgan fingerprint density at radius 2 is 2.04 bits per heavy atom. The van der Waals surface area contributed by atoms with Gasteiger partial charge in [-0.15, -0.1) is 0 Å². The van der Waals surface area contributed by atoms with Crippen molar-refractivity contribution in [2.45, 2.75) is 39.0 Å². The first-order valence-electron chi connectivity index (χ1n) is 9.37. The highest BCUT2D eigenvalue weighted by Gasteiger charge is 2.20. The maximum absolute atomic E-state index is 12.5. The number of aromatic nitrogens is 5. The summed E-state index contributed by atoms with van der Waals surface area (Å²) in [6.07, 6.45) is 10.1. The van der Waals surface area contributed by atoms with Crippen LogP contribution in [0, 0.1) is 0 Å². The van der Waals surface area contributed by atoms with Crippen molar-refractivity contribution in [3.8, 4) is 17.3 Å². The molecule has 0 spiro atoms. The van der Waals surface area contributed by atoms with E-state index >= 15 is 0 Å². The summed E-state index contributed by atoms with van der Waals surface area (Å²) < 4.78 is 7.03. The van der Waals surface area contributed by atoms with Crippen LogP contribution in [-0.4, -0.2) is 48.6 Å². The molecule has 0 N–H and O–H groups in total. The highest BCUT2D eigenvalue weighted by molar-refractivity contribution is 5.92. The molecule has 0 aliphatic carbocycles. The number of carbonyl (C=O) groups excluding carboxylic acids is 1. The van der Waals surface area contributed by atoms with E-state index in [9.17, 15) is 4.79 Å². The number of rotatable bonds is 5.